The third-order valence-corrected chi connectivity index (χ3v) is 5.97. The van der Waals surface area contributed by atoms with Crippen molar-refractivity contribution in [3.63, 3.8) is 0 Å². The number of carbonyl (C=O) groups is 1. The summed E-state index contributed by atoms with van der Waals surface area (Å²) in [5.41, 5.74) is 0.299. The summed E-state index contributed by atoms with van der Waals surface area (Å²) in [7, 11) is -2.23. The fourth-order valence-electron chi connectivity index (χ4n) is 3.04. The van der Waals surface area contributed by atoms with E-state index < -0.39 is 22.2 Å². The molecule has 0 aromatic carbocycles. The van der Waals surface area contributed by atoms with Crippen LogP contribution in [0, 0.1) is 11.8 Å². The fraction of sp³-hybridized carbons (Fsp3) is 0.667. The number of nitrogens with one attached hydrogen (secondary N) is 1. The molecule has 2 heterocycles. The lowest BCUT2D eigenvalue weighted by molar-refractivity contribution is -0.139. The first-order valence-electron chi connectivity index (χ1n) is 6.86. The van der Waals surface area contributed by atoms with Crippen LogP contribution in [0.15, 0.2) is 12.3 Å². The number of aromatic nitrogens is 2. The van der Waals surface area contributed by atoms with Crippen LogP contribution in [0.1, 0.15) is 24.6 Å². The highest BCUT2D eigenvalue weighted by Gasteiger charge is 2.44. The van der Waals surface area contributed by atoms with Gasteiger partial charge in [-0.1, -0.05) is 0 Å². The molecular weight excluding hydrogens is 296 g/mol. The molecule has 1 aromatic rings. The van der Waals surface area contributed by atoms with Gasteiger partial charge in [0.15, 0.2) is 6.04 Å². The van der Waals surface area contributed by atoms with E-state index in [0.29, 0.717) is 30.6 Å². The molecule has 1 saturated carbocycles. The molecule has 2 aliphatic rings. The van der Waals surface area contributed by atoms with Crippen LogP contribution in [0.5, 0.6) is 0 Å². The quantitative estimate of drug-likeness (QED) is 0.778. The molecule has 21 heavy (non-hydrogen) atoms. The van der Waals surface area contributed by atoms with Crippen LogP contribution in [0.4, 0.5) is 0 Å². The van der Waals surface area contributed by atoms with Gasteiger partial charge in [0.1, 0.15) is 0 Å². The Bertz CT molecular complexity index is 644. The Morgan fingerprint density at radius 1 is 1.43 bits per heavy atom. The number of aryl methyl sites for hydroxylation is 1. The van der Waals surface area contributed by atoms with Gasteiger partial charge in [-0.25, -0.2) is 0 Å². The Balaban J connectivity index is 1.79. The van der Waals surface area contributed by atoms with Crippen molar-refractivity contribution in [2.24, 2.45) is 18.9 Å². The number of carboxylic acids is 1. The van der Waals surface area contributed by atoms with Crippen molar-refractivity contribution in [3.8, 4) is 0 Å². The largest absolute Gasteiger partial charge is 0.480 e. The summed E-state index contributed by atoms with van der Waals surface area (Å²) in [6.45, 7) is 0.968. The summed E-state index contributed by atoms with van der Waals surface area (Å²) < 4.78 is 29.8. The van der Waals surface area contributed by atoms with Crippen LogP contribution in [0.25, 0.3) is 0 Å². The van der Waals surface area contributed by atoms with Crippen molar-refractivity contribution in [1.82, 2.24) is 18.8 Å². The van der Waals surface area contributed by atoms with Gasteiger partial charge in [0, 0.05) is 26.3 Å². The minimum atomic E-state index is -3.81. The molecule has 0 radical (unpaired) electrons. The molecule has 8 nitrogen and oxygen atoms in total. The first-order valence-corrected chi connectivity index (χ1v) is 8.30. The van der Waals surface area contributed by atoms with Crippen molar-refractivity contribution in [1.29, 1.82) is 0 Å². The van der Waals surface area contributed by atoms with Crippen LogP contribution >= 0.6 is 0 Å². The summed E-state index contributed by atoms with van der Waals surface area (Å²) in [6.07, 6.45) is 3.55. The maximum atomic E-state index is 12.4. The van der Waals surface area contributed by atoms with Gasteiger partial charge in [0.2, 0.25) is 0 Å². The Morgan fingerprint density at radius 2 is 2.05 bits per heavy atom. The highest BCUT2D eigenvalue weighted by molar-refractivity contribution is 7.87. The van der Waals surface area contributed by atoms with Crippen molar-refractivity contribution < 1.29 is 18.3 Å². The molecule has 1 aromatic heterocycles. The number of rotatable bonds is 5. The average molecular weight is 314 g/mol. The highest BCUT2D eigenvalue weighted by atomic mass is 32.2. The predicted molar refractivity (Wildman–Crippen MR) is 73.4 cm³/mol. The maximum absolute atomic E-state index is 12.4. The van der Waals surface area contributed by atoms with Crippen LogP contribution in [-0.4, -0.2) is 46.7 Å². The number of nitrogens with zero attached hydrogens (tertiary/aromatic N) is 3. The van der Waals surface area contributed by atoms with Crippen LogP contribution in [0.2, 0.25) is 0 Å². The first-order chi connectivity index (χ1) is 9.88. The van der Waals surface area contributed by atoms with E-state index in [1.807, 2.05) is 0 Å². The predicted octanol–water partition coefficient (Wildman–Crippen LogP) is -0.278. The number of hydrogen-bond acceptors (Lipinski definition) is 4. The van der Waals surface area contributed by atoms with Crippen molar-refractivity contribution in [2.45, 2.75) is 18.9 Å². The lowest BCUT2D eigenvalue weighted by Crippen LogP contribution is -2.43. The Labute approximate surface area is 122 Å². The second-order valence-electron chi connectivity index (χ2n) is 5.69. The third kappa shape index (κ3) is 2.56. The number of hydrogen-bond donors (Lipinski definition) is 2. The molecule has 9 heteroatoms. The smallest absolute Gasteiger partial charge is 0.327 e. The van der Waals surface area contributed by atoms with E-state index in [2.05, 4.69) is 9.82 Å². The zero-order chi connectivity index (χ0) is 15.2. The fourth-order valence-corrected chi connectivity index (χ4v) is 4.48. The topological polar surface area (TPSA) is 105 Å². The molecule has 3 rings (SSSR count). The van der Waals surface area contributed by atoms with E-state index in [-0.39, 0.29) is 0 Å². The zero-order valence-electron chi connectivity index (χ0n) is 11.6. The summed E-state index contributed by atoms with van der Waals surface area (Å²) in [5.74, 6) is -0.382. The van der Waals surface area contributed by atoms with E-state index >= 15 is 0 Å². The van der Waals surface area contributed by atoms with E-state index in [1.54, 1.807) is 7.05 Å². The van der Waals surface area contributed by atoms with E-state index in [0.717, 1.165) is 12.8 Å². The Kier molecular flexibility index (Phi) is 3.50. The molecule has 0 amide bonds. The second kappa shape index (κ2) is 5.08. The van der Waals surface area contributed by atoms with Crippen molar-refractivity contribution in [2.75, 3.05) is 13.1 Å². The summed E-state index contributed by atoms with van der Waals surface area (Å²) in [6, 6.07) is 0.162. The molecule has 0 bridgehead atoms. The van der Waals surface area contributed by atoms with Gasteiger partial charge in [-0.2, -0.15) is 22.5 Å². The van der Waals surface area contributed by atoms with E-state index in [9.17, 15) is 18.3 Å². The zero-order valence-corrected chi connectivity index (χ0v) is 12.5. The third-order valence-electron chi connectivity index (χ3n) is 4.46. The van der Waals surface area contributed by atoms with Crippen LogP contribution < -0.4 is 4.72 Å². The van der Waals surface area contributed by atoms with Gasteiger partial charge < -0.3 is 5.11 Å². The maximum Gasteiger partial charge on any atom is 0.327 e. The van der Waals surface area contributed by atoms with Crippen LogP contribution in [0.3, 0.4) is 0 Å². The number of fused-ring (bicyclic) bond motifs is 1. The second-order valence-corrected chi connectivity index (χ2v) is 7.39. The monoisotopic (exact) mass is 314 g/mol. The summed E-state index contributed by atoms with van der Waals surface area (Å²) in [5, 5.41) is 13.2. The molecule has 3 atom stereocenters. The molecule has 1 aliphatic carbocycles. The Hall–Kier alpha value is -1.45. The van der Waals surface area contributed by atoms with Crippen molar-refractivity contribution in [3.05, 3.63) is 18.0 Å². The summed E-state index contributed by atoms with van der Waals surface area (Å²) >= 11 is 0. The average Bonchev–Trinajstić information content (AvgIpc) is 2.91. The Morgan fingerprint density at radius 3 is 2.48 bits per heavy atom. The van der Waals surface area contributed by atoms with Crippen molar-refractivity contribution >= 4 is 16.2 Å². The molecule has 2 N–H and O–H groups in total. The molecule has 1 saturated heterocycles. The molecule has 2 fully saturated rings. The minimum Gasteiger partial charge on any atom is -0.480 e. The van der Waals surface area contributed by atoms with Gasteiger partial charge in [-0.3, -0.25) is 9.48 Å². The van der Waals surface area contributed by atoms with E-state index in [1.165, 1.54) is 21.3 Å². The standard InChI is InChI=1S/C12H18N4O4S/c1-15-10(4-5-13-15)11(12(17)18)14-21(19,20)16-6-8-2-3-9(8)7-16/h4-5,8-9,11,14H,2-3,6-7H2,1H3,(H,17,18)/t8-,9+,11?. The van der Waals surface area contributed by atoms with Crippen LogP contribution in [-0.2, 0) is 22.1 Å². The van der Waals surface area contributed by atoms with Gasteiger partial charge in [0.05, 0.1) is 5.69 Å². The van der Waals surface area contributed by atoms with Gasteiger partial charge >= 0.3 is 5.97 Å². The normalized spacial score (nSPS) is 27.1. The first kappa shape index (κ1) is 14.5. The minimum absolute atomic E-state index is 0.299. The lowest BCUT2D eigenvalue weighted by atomic mass is 9.77. The molecule has 0 spiro atoms. The van der Waals surface area contributed by atoms with Gasteiger partial charge in [0.25, 0.3) is 10.2 Å². The highest BCUT2D eigenvalue weighted by Crippen LogP contribution is 2.41. The van der Waals surface area contributed by atoms with Gasteiger partial charge in [-0.05, 0) is 30.7 Å². The summed E-state index contributed by atoms with van der Waals surface area (Å²) in [4.78, 5) is 11.4. The number of carboxylic acid groups (broad SMARTS) is 1. The van der Waals surface area contributed by atoms with Gasteiger partial charge in [-0.15, -0.1) is 0 Å². The molecule has 116 valence electrons. The van der Waals surface area contributed by atoms with E-state index in [4.69, 9.17) is 0 Å². The SMILES string of the molecule is Cn1nccc1C(NS(=O)(=O)N1C[C@H]2CC[C@H]2C1)C(=O)O. The molecule has 1 aliphatic heterocycles. The molecular formula is C12H18N4O4S. The lowest BCUT2D eigenvalue weighted by Gasteiger charge is -2.27. The molecule has 1 unspecified atom stereocenters. The number of aliphatic carboxylic acids is 1.